The molecule has 1 aromatic carbocycles. The van der Waals surface area contributed by atoms with Gasteiger partial charge in [0.2, 0.25) is 0 Å². The highest BCUT2D eigenvalue weighted by atomic mass is 35.5. The minimum atomic E-state index is -0.793. The van der Waals surface area contributed by atoms with E-state index in [2.05, 4.69) is 4.98 Å². The number of benzene rings is 1. The van der Waals surface area contributed by atoms with Crippen molar-refractivity contribution in [3.63, 3.8) is 0 Å². The first-order valence-corrected chi connectivity index (χ1v) is 6.80. The van der Waals surface area contributed by atoms with Gasteiger partial charge in [0.15, 0.2) is 0 Å². The molecule has 0 saturated carbocycles. The van der Waals surface area contributed by atoms with Crippen molar-refractivity contribution in [3.05, 3.63) is 41.0 Å². The lowest BCUT2D eigenvalue weighted by atomic mass is 10.1. The molecule has 2 rings (SSSR count). The van der Waals surface area contributed by atoms with E-state index in [0.29, 0.717) is 18.1 Å². The number of nitrogens with zero attached hydrogens (tertiary/aromatic N) is 2. The van der Waals surface area contributed by atoms with Crippen molar-refractivity contribution in [2.24, 2.45) is 5.92 Å². The van der Waals surface area contributed by atoms with Crippen LogP contribution in [0.1, 0.15) is 12.5 Å². The first kappa shape index (κ1) is 14.8. The molecule has 4 nitrogen and oxygen atoms in total. The lowest BCUT2D eigenvalue weighted by Gasteiger charge is -2.20. The molecule has 0 fully saturated rings. The fourth-order valence-electron chi connectivity index (χ4n) is 2.21. The van der Waals surface area contributed by atoms with Crippen LogP contribution in [0.15, 0.2) is 30.5 Å². The maximum atomic E-state index is 10.9. The Morgan fingerprint density at radius 2 is 2.20 bits per heavy atom. The number of rotatable bonds is 5. The fraction of sp³-hybridized carbons (Fsp3) is 0.333. The molecule has 5 heteroatoms. The molecule has 1 heterocycles. The number of halogens is 1. The first-order valence-electron chi connectivity index (χ1n) is 6.42. The number of pyridine rings is 1. The largest absolute Gasteiger partial charge is 0.481 e. The molecule has 2 aromatic rings. The Bertz CT molecular complexity index is 630. The molecule has 1 aromatic heterocycles. The van der Waals surface area contributed by atoms with E-state index in [4.69, 9.17) is 16.7 Å². The Kier molecular flexibility index (Phi) is 4.57. The lowest BCUT2D eigenvalue weighted by Crippen LogP contribution is -2.28. The van der Waals surface area contributed by atoms with Gasteiger partial charge in [0.1, 0.15) is 0 Å². The van der Waals surface area contributed by atoms with Gasteiger partial charge in [-0.3, -0.25) is 9.78 Å². The van der Waals surface area contributed by atoms with E-state index in [1.54, 1.807) is 13.1 Å². The summed E-state index contributed by atoms with van der Waals surface area (Å²) in [5.41, 5.74) is 1.81. The third kappa shape index (κ3) is 3.26. The highest BCUT2D eigenvalue weighted by Gasteiger charge is 2.16. The molecular formula is C15H17ClN2O2. The van der Waals surface area contributed by atoms with Crippen molar-refractivity contribution in [1.29, 1.82) is 0 Å². The van der Waals surface area contributed by atoms with Gasteiger partial charge in [-0.25, -0.2) is 0 Å². The maximum Gasteiger partial charge on any atom is 0.307 e. The van der Waals surface area contributed by atoms with Gasteiger partial charge < -0.3 is 10.0 Å². The van der Waals surface area contributed by atoms with Crippen molar-refractivity contribution in [1.82, 2.24) is 9.88 Å². The number of carboxylic acid groups (broad SMARTS) is 1. The van der Waals surface area contributed by atoms with E-state index in [9.17, 15) is 4.79 Å². The molecule has 1 unspecified atom stereocenters. The van der Waals surface area contributed by atoms with Gasteiger partial charge in [-0.1, -0.05) is 30.7 Å². The van der Waals surface area contributed by atoms with Crippen LogP contribution in [-0.2, 0) is 11.3 Å². The minimum Gasteiger partial charge on any atom is -0.481 e. The van der Waals surface area contributed by atoms with Crippen LogP contribution < -0.4 is 0 Å². The highest BCUT2D eigenvalue weighted by Crippen LogP contribution is 2.25. The molecule has 0 amide bonds. The summed E-state index contributed by atoms with van der Waals surface area (Å²) in [5.74, 6) is -1.21. The molecule has 1 N–H and O–H groups in total. The molecule has 106 valence electrons. The standard InChI is InChI=1S/C15H17ClN2O2/c1-10(15(19)20)8-18(2)9-12-13(16)6-5-11-4-3-7-17-14(11)12/h3-7,10H,8-9H2,1-2H3,(H,19,20). The summed E-state index contributed by atoms with van der Waals surface area (Å²) < 4.78 is 0. The van der Waals surface area contributed by atoms with Gasteiger partial charge in [0.25, 0.3) is 0 Å². The van der Waals surface area contributed by atoms with E-state index < -0.39 is 11.9 Å². The summed E-state index contributed by atoms with van der Waals surface area (Å²) in [4.78, 5) is 17.2. The van der Waals surface area contributed by atoms with Crippen LogP contribution in [0.3, 0.4) is 0 Å². The second-order valence-electron chi connectivity index (χ2n) is 5.04. The van der Waals surface area contributed by atoms with Crippen LogP contribution in [0.5, 0.6) is 0 Å². The van der Waals surface area contributed by atoms with Crippen molar-refractivity contribution in [2.45, 2.75) is 13.5 Å². The average Bonchev–Trinajstić information content (AvgIpc) is 2.42. The zero-order valence-corrected chi connectivity index (χ0v) is 12.3. The van der Waals surface area contributed by atoms with Crippen LogP contribution in [0.2, 0.25) is 5.02 Å². The zero-order valence-electron chi connectivity index (χ0n) is 11.5. The SMILES string of the molecule is CC(CN(C)Cc1c(Cl)ccc2cccnc12)C(=O)O. The molecule has 20 heavy (non-hydrogen) atoms. The van der Waals surface area contributed by atoms with Gasteiger partial charge in [-0.05, 0) is 19.2 Å². The Morgan fingerprint density at radius 1 is 1.45 bits per heavy atom. The van der Waals surface area contributed by atoms with Gasteiger partial charge >= 0.3 is 5.97 Å². The van der Waals surface area contributed by atoms with Crippen molar-refractivity contribution in [2.75, 3.05) is 13.6 Å². The van der Waals surface area contributed by atoms with Crippen LogP contribution in [0.25, 0.3) is 10.9 Å². The van der Waals surface area contributed by atoms with Crippen LogP contribution >= 0.6 is 11.6 Å². The van der Waals surface area contributed by atoms with E-state index in [-0.39, 0.29) is 0 Å². The molecular weight excluding hydrogens is 276 g/mol. The third-order valence-electron chi connectivity index (χ3n) is 3.26. The van der Waals surface area contributed by atoms with Crippen LogP contribution in [0.4, 0.5) is 0 Å². The highest BCUT2D eigenvalue weighted by molar-refractivity contribution is 6.32. The quantitative estimate of drug-likeness (QED) is 0.920. The number of aliphatic carboxylic acids is 1. The van der Waals surface area contributed by atoms with Gasteiger partial charge in [0, 0.05) is 35.3 Å². The topological polar surface area (TPSA) is 53.4 Å². The summed E-state index contributed by atoms with van der Waals surface area (Å²) in [6.45, 7) is 2.74. The number of carbonyl (C=O) groups is 1. The zero-order chi connectivity index (χ0) is 14.7. The third-order valence-corrected chi connectivity index (χ3v) is 3.61. The van der Waals surface area contributed by atoms with Crippen LogP contribution in [-0.4, -0.2) is 34.6 Å². The first-order chi connectivity index (χ1) is 9.49. The normalized spacial score (nSPS) is 12.8. The van der Waals surface area contributed by atoms with Gasteiger partial charge in [-0.2, -0.15) is 0 Å². The summed E-state index contributed by atoms with van der Waals surface area (Å²) in [6.07, 6.45) is 1.74. The van der Waals surface area contributed by atoms with Crippen molar-refractivity contribution < 1.29 is 9.90 Å². The van der Waals surface area contributed by atoms with E-state index in [1.165, 1.54) is 0 Å². The summed E-state index contributed by atoms with van der Waals surface area (Å²) in [7, 11) is 1.89. The molecule has 0 aliphatic rings. The second kappa shape index (κ2) is 6.20. The number of hydrogen-bond acceptors (Lipinski definition) is 3. The fourth-order valence-corrected chi connectivity index (χ4v) is 2.42. The number of aromatic nitrogens is 1. The lowest BCUT2D eigenvalue weighted by molar-refractivity contribution is -0.141. The number of hydrogen-bond donors (Lipinski definition) is 1. The second-order valence-corrected chi connectivity index (χ2v) is 5.44. The number of carboxylic acids is 1. The molecule has 0 spiro atoms. The van der Waals surface area contributed by atoms with E-state index in [1.807, 2.05) is 36.2 Å². The van der Waals surface area contributed by atoms with Gasteiger partial charge in [-0.15, -0.1) is 0 Å². The molecule has 0 bridgehead atoms. The van der Waals surface area contributed by atoms with E-state index >= 15 is 0 Å². The van der Waals surface area contributed by atoms with Crippen molar-refractivity contribution in [3.8, 4) is 0 Å². The molecule has 0 radical (unpaired) electrons. The summed E-state index contributed by atoms with van der Waals surface area (Å²) >= 11 is 6.26. The molecule has 0 aliphatic heterocycles. The predicted molar refractivity (Wildman–Crippen MR) is 79.9 cm³/mol. The van der Waals surface area contributed by atoms with Crippen molar-refractivity contribution >= 4 is 28.5 Å². The Morgan fingerprint density at radius 3 is 2.90 bits per heavy atom. The molecule has 0 aliphatic carbocycles. The Balaban J connectivity index is 2.24. The monoisotopic (exact) mass is 292 g/mol. The number of fused-ring (bicyclic) bond motifs is 1. The average molecular weight is 293 g/mol. The smallest absolute Gasteiger partial charge is 0.307 e. The summed E-state index contributed by atoms with van der Waals surface area (Å²) in [6, 6.07) is 7.67. The maximum absolute atomic E-state index is 10.9. The minimum absolute atomic E-state index is 0.415. The predicted octanol–water partition coefficient (Wildman–Crippen LogP) is 3.04. The Hall–Kier alpha value is -1.65. The molecule has 1 atom stereocenters. The summed E-state index contributed by atoms with van der Waals surface area (Å²) in [5, 5.41) is 10.7. The van der Waals surface area contributed by atoms with E-state index in [0.717, 1.165) is 16.5 Å². The Labute approximate surface area is 123 Å². The molecule has 0 saturated heterocycles. The van der Waals surface area contributed by atoms with Crippen LogP contribution in [0, 0.1) is 5.92 Å². The van der Waals surface area contributed by atoms with Gasteiger partial charge in [0.05, 0.1) is 11.4 Å².